The first kappa shape index (κ1) is 14.0. The number of nitrogens with one attached hydrogen (secondary N) is 1. The number of benzene rings is 1. The number of carbonyl (C=O) groups is 2. The zero-order valence-corrected chi connectivity index (χ0v) is 11.1. The van der Waals surface area contributed by atoms with Gasteiger partial charge in [-0.05, 0) is 35.4 Å². The molecule has 0 aliphatic heterocycles. The fourth-order valence-electron chi connectivity index (χ4n) is 1.65. The molecule has 5 nitrogen and oxygen atoms in total. The maximum absolute atomic E-state index is 11.7. The topological polar surface area (TPSA) is 79.3 Å². The number of pyridine rings is 1. The second kappa shape index (κ2) is 6.16. The molecule has 1 amide bonds. The van der Waals surface area contributed by atoms with Crippen LogP contribution in [0.2, 0.25) is 5.02 Å². The van der Waals surface area contributed by atoms with Crippen molar-refractivity contribution in [3.8, 4) is 11.1 Å². The lowest BCUT2D eigenvalue weighted by Crippen LogP contribution is -2.29. The summed E-state index contributed by atoms with van der Waals surface area (Å²) in [5.74, 6) is -1.64. The molecule has 0 spiro atoms. The SMILES string of the molecule is O=C(O)CNC(=O)c1cc(-c2cccc(Cl)c2)ccn1. The van der Waals surface area contributed by atoms with Crippen molar-refractivity contribution in [3.05, 3.63) is 53.3 Å². The van der Waals surface area contributed by atoms with E-state index >= 15 is 0 Å². The van der Waals surface area contributed by atoms with Crippen molar-refractivity contribution >= 4 is 23.5 Å². The minimum absolute atomic E-state index is 0.156. The van der Waals surface area contributed by atoms with Crippen molar-refractivity contribution in [1.29, 1.82) is 0 Å². The van der Waals surface area contributed by atoms with E-state index in [1.807, 2.05) is 12.1 Å². The molecule has 1 aromatic carbocycles. The van der Waals surface area contributed by atoms with Gasteiger partial charge in [-0.25, -0.2) is 0 Å². The molecule has 6 heteroatoms. The van der Waals surface area contributed by atoms with Crippen LogP contribution in [0.3, 0.4) is 0 Å². The standard InChI is InChI=1S/C14H11ClN2O3/c15-11-3-1-2-9(6-11)10-4-5-16-12(7-10)14(20)17-8-13(18)19/h1-7H,8H2,(H,17,20)(H,18,19). The van der Waals surface area contributed by atoms with Crippen LogP contribution in [-0.2, 0) is 4.79 Å². The molecule has 0 saturated carbocycles. The van der Waals surface area contributed by atoms with Crippen LogP contribution >= 0.6 is 11.6 Å². The molecule has 2 rings (SSSR count). The van der Waals surface area contributed by atoms with Crippen LogP contribution in [0.1, 0.15) is 10.5 Å². The monoisotopic (exact) mass is 290 g/mol. The van der Waals surface area contributed by atoms with Crippen LogP contribution < -0.4 is 5.32 Å². The van der Waals surface area contributed by atoms with Gasteiger partial charge < -0.3 is 10.4 Å². The number of carboxylic acids is 1. The molecule has 0 aliphatic carbocycles. The van der Waals surface area contributed by atoms with Crippen molar-refractivity contribution in [2.75, 3.05) is 6.54 Å². The minimum Gasteiger partial charge on any atom is -0.480 e. The fourth-order valence-corrected chi connectivity index (χ4v) is 1.84. The first-order valence-corrected chi connectivity index (χ1v) is 6.16. The number of nitrogens with zero attached hydrogens (tertiary/aromatic N) is 1. The van der Waals surface area contributed by atoms with Gasteiger partial charge in [0.15, 0.2) is 0 Å². The largest absolute Gasteiger partial charge is 0.480 e. The lowest BCUT2D eigenvalue weighted by Gasteiger charge is -2.05. The highest BCUT2D eigenvalue weighted by Crippen LogP contribution is 2.22. The smallest absolute Gasteiger partial charge is 0.322 e. The van der Waals surface area contributed by atoms with E-state index in [1.54, 1.807) is 24.3 Å². The number of hydrogen-bond donors (Lipinski definition) is 2. The summed E-state index contributed by atoms with van der Waals surface area (Å²) in [6.45, 7) is -0.443. The van der Waals surface area contributed by atoms with Gasteiger partial charge in [-0.15, -0.1) is 0 Å². The Labute approximate surface area is 120 Å². The number of hydrogen-bond acceptors (Lipinski definition) is 3. The van der Waals surface area contributed by atoms with Gasteiger partial charge in [0.25, 0.3) is 5.91 Å². The van der Waals surface area contributed by atoms with Gasteiger partial charge in [-0.2, -0.15) is 0 Å². The molecule has 0 atom stereocenters. The normalized spacial score (nSPS) is 10.1. The van der Waals surface area contributed by atoms with E-state index in [-0.39, 0.29) is 5.69 Å². The Morgan fingerprint density at radius 2 is 1.95 bits per heavy atom. The number of amides is 1. The second-order valence-electron chi connectivity index (χ2n) is 4.02. The van der Waals surface area contributed by atoms with E-state index in [0.29, 0.717) is 5.02 Å². The molecule has 2 N–H and O–H groups in total. The predicted octanol–water partition coefficient (Wildman–Crippen LogP) is 2.22. The predicted molar refractivity (Wildman–Crippen MR) is 74.7 cm³/mol. The number of rotatable bonds is 4. The molecule has 0 saturated heterocycles. The quantitative estimate of drug-likeness (QED) is 0.905. The molecule has 1 aromatic heterocycles. The molecule has 102 valence electrons. The maximum Gasteiger partial charge on any atom is 0.322 e. The zero-order chi connectivity index (χ0) is 14.5. The van der Waals surface area contributed by atoms with Crippen LogP contribution in [0.5, 0.6) is 0 Å². The van der Waals surface area contributed by atoms with Gasteiger partial charge in [0.2, 0.25) is 0 Å². The summed E-state index contributed by atoms with van der Waals surface area (Å²) >= 11 is 5.92. The van der Waals surface area contributed by atoms with E-state index in [9.17, 15) is 9.59 Å². The van der Waals surface area contributed by atoms with Crippen LogP contribution in [0.25, 0.3) is 11.1 Å². The second-order valence-corrected chi connectivity index (χ2v) is 4.45. The average Bonchev–Trinajstić information content (AvgIpc) is 2.45. The van der Waals surface area contributed by atoms with Gasteiger partial charge in [0.1, 0.15) is 12.2 Å². The van der Waals surface area contributed by atoms with Crippen molar-refractivity contribution in [3.63, 3.8) is 0 Å². The lowest BCUT2D eigenvalue weighted by atomic mass is 10.1. The molecule has 0 fully saturated rings. The Morgan fingerprint density at radius 1 is 1.20 bits per heavy atom. The van der Waals surface area contributed by atoms with E-state index in [1.165, 1.54) is 6.20 Å². The van der Waals surface area contributed by atoms with Gasteiger partial charge in [0, 0.05) is 11.2 Å². The summed E-state index contributed by atoms with van der Waals surface area (Å²) in [6.07, 6.45) is 1.49. The molecule has 2 aromatic rings. The zero-order valence-electron chi connectivity index (χ0n) is 10.3. The third kappa shape index (κ3) is 3.55. The van der Waals surface area contributed by atoms with Crippen LogP contribution in [0, 0.1) is 0 Å². The molecular formula is C14H11ClN2O3. The number of aromatic nitrogens is 1. The molecule has 1 heterocycles. The highest BCUT2D eigenvalue weighted by atomic mass is 35.5. The molecular weight excluding hydrogens is 280 g/mol. The highest BCUT2D eigenvalue weighted by molar-refractivity contribution is 6.30. The number of aliphatic carboxylic acids is 1. The van der Waals surface area contributed by atoms with Crippen molar-refractivity contribution < 1.29 is 14.7 Å². The number of carbonyl (C=O) groups excluding carboxylic acids is 1. The van der Waals surface area contributed by atoms with E-state index in [4.69, 9.17) is 16.7 Å². The highest BCUT2D eigenvalue weighted by Gasteiger charge is 2.10. The summed E-state index contributed by atoms with van der Waals surface area (Å²) < 4.78 is 0. The molecule has 0 unspecified atom stereocenters. The number of carboxylic acid groups (broad SMARTS) is 1. The average molecular weight is 291 g/mol. The molecule has 0 bridgehead atoms. The third-order valence-corrected chi connectivity index (χ3v) is 2.79. The Hall–Kier alpha value is -2.40. The van der Waals surface area contributed by atoms with Crippen LogP contribution in [0.4, 0.5) is 0 Å². The first-order valence-electron chi connectivity index (χ1n) is 5.78. The van der Waals surface area contributed by atoms with Crippen molar-refractivity contribution in [1.82, 2.24) is 10.3 Å². The van der Waals surface area contributed by atoms with Crippen LogP contribution in [-0.4, -0.2) is 28.5 Å². The van der Waals surface area contributed by atoms with Gasteiger partial charge in [0.05, 0.1) is 0 Å². The lowest BCUT2D eigenvalue weighted by molar-refractivity contribution is -0.135. The summed E-state index contributed by atoms with van der Waals surface area (Å²) in [5.41, 5.74) is 1.79. The molecule has 0 radical (unpaired) electrons. The summed E-state index contributed by atoms with van der Waals surface area (Å²) in [5, 5.41) is 11.4. The molecule has 20 heavy (non-hydrogen) atoms. The summed E-state index contributed by atoms with van der Waals surface area (Å²) in [7, 11) is 0. The Balaban J connectivity index is 2.24. The Morgan fingerprint density at radius 3 is 2.65 bits per heavy atom. The van der Waals surface area contributed by atoms with E-state index in [2.05, 4.69) is 10.3 Å². The fraction of sp³-hybridized carbons (Fsp3) is 0.0714. The summed E-state index contributed by atoms with van der Waals surface area (Å²) in [6, 6.07) is 10.5. The van der Waals surface area contributed by atoms with E-state index in [0.717, 1.165) is 11.1 Å². The number of halogens is 1. The van der Waals surface area contributed by atoms with Gasteiger partial charge in [-0.3, -0.25) is 14.6 Å². The van der Waals surface area contributed by atoms with Gasteiger partial charge >= 0.3 is 5.97 Å². The Kier molecular flexibility index (Phi) is 4.32. The Bertz CT molecular complexity index is 658. The third-order valence-electron chi connectivity index (χ3n) is 2.55. The van der Waals surface area contributed by atoms with Crippen molar-refractivity contribution in [2.45, 2.75) is 0 Å². The van der Waals surface area contributed by atoms with Crippen LogP contribution in [0.15, 0.2) is 42.6 Å². The van der Waals surface area contributed by atoms with Crippen molar-refractivity contribution in [2.24, 2.45) is 0 Å². The maximum atomic E-state index is 11.7. The first-order chi connectivity index (χ1) is 9.56. The minimum atomic E-state index is -1.11. The summed E-state index contributed by atoms with van der Waals surface area (Å²) in [4.78, 5) is 26.1. The van der Waals surface area contributed by atoms with E-state index < -0.39 is 18.4 Å². The molecule has 0 aliphatic rings. The van der Waals surface area contributed by atoms with Gasteiger partial charge in [-0.1, -0.05) is 23.7 Å².